The zero-order chi connectivity index (χ0) is 12.8. The molecule has 0 unspecified atom stereocenters. The number of benzene rings is 1. The fraction of sp³-hybridized carbons (Fsp3) is 0.357. The third kappa shape index (κ3) is 4.10. The van der Waals surface area contributed by atoms with E-state index < -0.39 is 0 Å². The lowest BCUT2D eigenvalue weighted by Gasteiger charge is -2.06. The first-order valence-electron chi connectivity index (χ1n) is 6.24. The molecule has 0 aliphatic carbocycles. The highest BCUT2D eigenvalue weighted by Crippen LogP contribution is 2.08. The molecule has 0 spiro atoms. The van der Waals surface area contributed by atoms with Crippen molar-refractivity contribution >= 4 is 22.6 Å². The van der Waals surface area contributed by atoms with Gasteiger partial charge in [-0.25, -0.2) is 0 Å². The minimum absolute atomic E-state index is 0.838. The van der Waals surface area contributed by atoms with Crippen LogP contribution in [0.1, 0.15) is 24.5 Å². The molecule has 2 rings (SSSR count). The quantitative estimate of drug-likeness (QED) is 0.638. The highest BCUT2D eigenvalue weighted by molar-refractivity contribution is 14.1. The van der Waals surface area contributed by atoms with E-state index in [9.17, 15) is 0 Å². The summed E-state index contributed by atoms with van der Waals surface area (Å²) in [6, 6.07) is 8.68. The first kappa shape index (κ1) is 13.5. The molecule has 0 saturated heterocycles. The SMILES string of the molecule is CCCNCc1cccc(Cn2cc(I)cn2)c1. The molecule has 1 aromatic heterocycles. The fourth-order valence-electron chi connectivity index (χ4n) is 1.86. The molecule has 0 amide bonds. The Balaban J connectivity index is 1.98. The van der Waals surface area contributed by atoms with Gasteiger partial charge in [0.1, 0.15) is 0 Å². The van der Waals surface area contributed by atoms with Crippen LogP contribution in [0.25, 0.3) is 0 Å². The number of hydrogen-bond donors (Lipinski definition) is 1. The van der Waals surface area contributed by atoms with Gasteiger partial charge in [0.2, 0.25) is 0 Å². The van der Waals surface area contributed by atoms with Gasteiger partial charge in [-0.2, -0.15) is 5.10 Å². The van der Waals surface area contributed by atoms with Crippen LogP contribution in [0.4, 0.5) is 0 Å². The lowest BCUT2D eigenvalue weighted by Crippen LogP contribution is -2.14. The molecular weight excluding hydrogens is 337 g/mol. The standard InChI is InChI=1S/C14H18IN3/c1-2-6-16-8-12-4-3-5-13(7-12)10-18-11-14(15)9-17-18/h3-5,7,9,11,16H,2,6,8,10H2,1H3. The number of halogens is 1. The second kappa shape index (κ2) is 6.89. The maximum atomic E-state index is 4.31. The van der Waals surface area contributed by atoms with Crippen molar-refractivity contribution in [2.75, 3.05) is 6.54 Å². The van der Waals surface area contributed by atoms with E-state index in [0.717, 1.165) is 19.6 Å². The minimum Gasteiger partial charge on any atom is -0.313 e. The summed E-state index contributed by atoms with van der Waals surface area (Å²) in [7, 11) is 0. The van der Waals surface area contributed by atoms with E-state index in [1.807, 2.05) is 10.9 Å². The van der Waals surface area contributed by atoms with Gasteiger partial charge in [-0.1, -0.05) is 31.2 Å². The van der Waals surface area contributed by atoms with Crippen molar-refractivity contribution in [1.82, 2.24) is 15.1 Å². The summed E-state index contributed by atoms with van der Waals surface area (Å²) < 4.78 is 3.15. The molecule has 0 radical (unpaired) electrons. The largest absolute Gasteiger partial charge is 0.313 e. The summed E-state index contributed by atoms with van der Waals surface area (Å²) in [4.78, 5) is 0. The first-order chi connectivity index (χ1) is 8.78. The van der Waals surface area contributed by atoms with Gasteiger partial charge >= 0.3 is 0 Å². The summed E-state index contributed by atoms with van der Waals surface area (Å²) in [5.74, 6) is 0. The van der Waals surface area contributed by atoms with Crippen molar-refractivity contribution in [2.45, 2.75) is 26.4 Å². The van der Waals surface area contributed by atoms with Gasteiger partial charge in [-0.3, -0.25) is 4.68 Å². The topological polar surface area (TPSA) is 29.9 Å². The minimum atomic E-state index is 0.838. The van der Waals surface area contributed by atoms with Crippen LogP contribution in [-0.4, -0.2) is 16.3 Å². The van der Waals surface area contributed by atoms with Crippen molar-refractivity contribution in [3.05, 3.63) is 51.4 Å². The second-order valence-corrected chi connectivity index (χ2v) is 5.60. The summed E-state index contributed by atoms with van der Waals surface area (Å²) in [6.45, 7) is 5.03. The summed E-state index contributed by atoms with van der Waals surface area (Å²) in [5, 5.41) is 7.73. The maximum absolute atomic E-state index is 4.31. The smallest absolute Gasteiger partial charge is 0.0659 e. The van der Waals surface area contributed by atoms with Gasteiger partial charge in [-0.15, -0.1) is 0 Å². The molecule has 1 heterocycles. The van der Waals surface area contributed by atoms with Crippen molar-refractivity contribution in [1.29, 1.82) is 0 Å². The lowest BCUT2D eigenvalue weighted by atomic mass is 10.1. The molecule has 18 heavy (non-hydrogen) atoms. The molecule has 4 heteroatoms. The van der Waals surface area contributed by atoms with Gasteiger partial charge in [0, 0.05) is 12.7 Å². The van der Waals surface area contributed by atoms with Crippen LogP contribution in [0.5, 0.6) is 0 Å². The third-order valence-corrected chi connectivity index (χ3v) is 3.25. The summed E-state index contributed by atoms with van der Waals surface area (Å²) in [5.41, 5.74) is 2.63. The molecule has 1 N–H and O–H groups in total. The highest BCUT2D eigenvalue weighted by atomic mass is 127. The number of aromatic nitrogens is 2. The third-order valence-electron chi connectivity index (χ3n) is 2.69. The van der Waals surface area contributed by atoms with E-state index in [4.69, 9.17) is 0 Å². The Hall–Kier alpha value is -0.880. The van der Waals surface area contributed by atoms with E-state index in [2.05, 4.69) is 70.4 Å². The average Bonchev–Trinajstić information content (AvgIpc) is 2.76. The van der Waals surface area contributed by atoms with E-state index >= 15 is 0 Å². The molecule has 0 aliphatic heterocycles. The fourth-order valence-corrected chi connectivity index (χ4v) is 2.31. The van der Waals surface area contributed by atoms with Gasteiger partial charge in [-0.05, 0) is 46.7 Å². The van der Waals surface area contributed by atoms with E-state index in [1.165, 1.54) is 21.1 Å². The molecule has 0 bridgehead atoms. The number of nitrogens with one attached hydrogen (secondary N) is 1. The molecule has 96 valence electrons. The zero-order valence-electron chi connectivity index (χ0n) is 10.6. The Kier molecular flexibility index (Phi) is 5.19. The van der Waals surface area contributed by atoms with Crippen molar-refractivity contribution in [2.24, 2.45) is 0 Å². The van der Waals surface area contributed by atoms with Crippen LogP contribution in [0.2, 0.25) is 0 Å². The average molecular weight is 355 g/mol. The Morgan fingerprint density at radius 2 is 2.17 bits per heavy atom. The molecule has 3 nitrogen and oxygen atoms in total. The van der Waals surface area contributed by atoms with E-state index in [-0.39, 0.29) is 0 Å². The van der Waals surface area contributed by atoms with Crippen molar-refractivity contribution in [3.63, 3.8) is 0 Å². The van der Waals surface area contributed by atoms with Crippen LogP contribution >= 0.6 is 22.6 Å². The number of rotatable bonds is 6. The number of nitrogens with zero attached hydrogens (tertiary/aromatic N) is 2. The summed E-state index contributed by atoms with van der Waals surface area (Å²) in [6.07, 6.45) is 5.11. The van der Waals surface area contributed by atoms with Crippen LogP contribution in [-0.2, 0) is 13.1 Å². The first-order valence-corrected chi connectivity index (χ1v) is 7.32. The highest BCUT2D eigenvalue weighted by Gasteiger charge is 1.99. The van der Waals surface area contributed by atoms with Gasteiger partial charge < -0.3 is 5.32 Å². The van der Waals surface area contributed by atoms with Crippen LogP contribution in [0.3, 0.4) is 0 Å². The lowest BCUT2D eigenvalue weighted by molar-refractivity contribution is 0.668. The Labute approximate surface area is 122 Å². The monoisotopic (exact) mass is 355 g/mol. The van der Waals surface area contributed by atoms with Crippen LogP contribution in [0.15, 0.2) is 36.7 Å². The van der Waals surface area contributed by atoms with Crippen molar-refractivity contribution in [3.8, 4) is 0 Å². The molecule has 0 atom stereocenters. The second-order valence-electron chi connectivity index (χ2n) is 4.35. The summed E-state index contributed by atoms with van der Waals surface area (Å²) >= 11 is 2.28. The van der Waals surface area contributed by atoms with Crippen LogP contribution < -0.4 is 5.32 Å². The maximum Gasteiger partial charge on any atom is 0.0659 e. The van der Waals surface area contributed by atoms with Crippen molar-refractivity contribution < 1.29 is 0 Å². The molecule has 0 aliphatic rings. The Bertz CT molecular complexity index is 493. The molecule has 0 fully saturated rings. The molecular formula is C14H18IN3. The van der Waals surface area contributed by atoms with Gasteiger partial charge in [0.05, 0.1) is 16.3 Å². The normalized spacial score (nSPS) is 10.8. The number of hydrogen-bond acceptors (Lipinski definition) is 2. The van der Waals surface area contributed by atoms with Gasteiger partial charge in [0.15, 0.2) is 0 Å². The van der Waals surface area contributed by atoms with Crippen LogP contribution in [0, 0.1) is 3.57 Å². The van der Waals surface area contributed by atoms with E-state index in [1.54, 1.807) is 0 Å². The predicted molar refractivity (Wildman–Crippen MR) is 82.5 cm³/mol. The Morgan fingerprint density at radius 3 is 2.89 bits per heavy atom. The van der Waals surface area contributed by atoms with Gasteiger partial charge in [0.25, 0.3) is 0 Å². The molecule has 1 aromatic carbocycles. The predicted octanol–water partition coefficient (Wildman–Crippen LogP) is 3.04. The molecule has 0 saturated carbocycles. The van der Waals surface area contributed by atoms with E-state index in [0.29, 0.717) is 0 Å². The Morgan fingerprint density at radius 1 is 1.33 bits per heavy atom. The zero-order valence-corrected chi connectivity index (χ0v) is 12.7. The molecule has 2 aromatic rings.